The maximum Gasteiger partial charge on any atom is 0.306 e. The summed E-state index contributed by atoms with van der Waals surface area (Å²) in [6.45, 7) is 2.36. The van der Waals surface area contributed by atoms with E-state index in [1.54, 1.807) is 0 Å². The van der Waals surface area contributed by atoms with Gasteiger partial charge >= 0.3 is 5.97 Å². The molecule has 2 fully saturated rings. The van der Waals surface area contributed by atoms with Crippen molar-refractivity contribution >= 4 is 5.97 Å². The van der Waals surface area contributed by atoms with Crippen LogP contribution in [-0.4, -0.2) is 48.9 Å². The molecule has 1 aliphatic carbocycles. The Bertz CT molecular complexity index is 234. The molecule has 80 valence electrons. The Morgan fingerprint density at radius 2 is 2.43 bits per heavy atom. The van der Waals surface area contributed by atoms with Crippen molar-refractivity contribution in [1.29, 1.82) is 0 Å². The number of morpholine rings is 1. The maximum absolute atomic E-state index is 10.7. The molecule has 2 aliphatic rings. The summed E-state index contributed by atoms with van der Waals surface area (Å²) >= 11 is 0. The summed E-state index contributed by atoms with van der Waals surface area (Å²) in [6.07, 6.45) is 0.870. The van der Waals surface area contributed by atoms with Gasteiger partial charge in [0.15, 0.2) is 0 Å². The highest BCUT2D eigenvalue weighted by molar-refractivity contribution is 5.73. The number of hydrogen-bond donors (Lipinski definition) is 2. The summed E-state index contributed by atoms with van der Waals surface area (Å²) in [4.78, 5) is 10.7. The maximum atomic E-state index is 10.7. The SMILES string of the molecule is CNN1CCO[C@H](C2CC2C(=O)O)C1. The third-order valence-electron chi connectivity index (χ3n) is 3.04. The van der Waals surface area contributed by atoms with Crippen LogP contribution >= 0.6 is 0 Å². The monoisotopic (exact) mass is 200 g/mol. The average Bonchev–Trinajstić information content (AvgIpc) is 2.97. The van der Waals surface area contributed by atoms with Gasteiger partial charge in [0.25, 0.3) is 0 Å². The fraction of sp³-hybridized carbons (Fsp3) is 0.889. The molecule has 5 nitrogen and oxygen atoms in total. The van der Waals surface area contributed by atoms with Crippen molar-refractivity contribution in [2.24, 2.45) is 11.8 Å². The largest absolute Gasteiger partial charge is 0.481 e. The Morgan fingerprint density at radius 3 is 3.00 bits per heavy atom. The molecule has 0 bridgehead atoms. The van der Waals surface area contributed by atoms with E-state index < -0.39 is 5.97 Å². The second kappa shape index (κ2) is 3.84. The molecule has 0 spiro atoms. The zero-order valence-electron chi connectivity index (χ0n) is 8.27. The van der Waals surface area contributed by atoms with Crippen molar-refractivity contribution in [3.05, 3.63) is 0 Å². The molecule has 0 amide bonds. The van der Waals surface area contributed by atoms with E-state index in [4.69, 9.17) is 9.84 Å². The molecule has 2 unspecified atom stereocenters. The molecule has 0 aromatic carbocycles. The number of rotatable bonds is 3. The average molecular weight is 200 g/mol. The molecule has 0 radical (unpaired) electrons. The Morgan fingerprint density at radius 1 is 1.64 bits per heavy atom. The lowest BCUT2D eigenvalue weighted by atomic mass is 10.1. The molecule has 1 saturated carbocycles. The van der Waals surface area contributed by atoms with Crippen LogP contribution in [0.3, 0.4) is 0 Å². The van der Waals surface area contributed by atoms with Crippen LogP contribution < -0.4 is 5.43 Å². The van der Waals surface area contributed by atoms with Crippen molar-refractivity contribution in [3.8, 4) is 0 Å². The highest BCUT2D eigenvalue weighted by Crippen LogP contribution is 2.43. The number of carboxylic acid groups (broad SMARTS) is 1. The number of carboxylic acids is 1. The highest BCUT2D eigenvalue weighted by Gasteiger charge is 2.49. The molecule has 0 aromatic rings. The Labute approximate surface area is 83.0 Å². The quantitative estimate of drug-likeness (QED) is 0.645. The number of hydrogen-bond acceptors (Lipinski definition) is 4. The second-order valence-electron chi connectivity index (χ2n) is 3.92. The number of nitrogens with zero attached hydrogens (tertiary/aromatic N) is 1. The van der Waals surface area contributed by atoms with E-state index in [1.165, 1.54) is 0 Å². The minimum atomic E-state index is -0.680. The summed E-state index contributed by atoms with van der Waals surface area (Å²) in [5, 5.41) is 10.9. The lowest BCUT2D eigenvalue weighted by Crippen LogP contribution is -2.49. The van der Waals surface area contributed by atoms with Crippen molar-refractivity contribution < 1.29 is 14.6 Å². The molecule has 1 heterocycles. The number of nitrogens with one attached hydrogen (secondary N) is 1. The Hall–Kier alpha value is -0.650. The predicted octanol–water partition coefficient (Wildman–Crippen LogP) is -0.458. The topological polar surface area (TPSA) is 61.8 Å². The van der Waals surface area contributed by atoms with Crippen molar-refractivity contribution in [1.82, 2.24) is 10.4 Å². The van der Waals surface area contributed by atoms with E-state index in [2.05, 4.69) is 10.4 Å². The molecule has 2 rings (SSSR count). The van der Waals surface area contributed by atoms with Crippen LogP contribution in [0.15, 0.2) is 0 Å². The molecular weight excluding hydrogens is 184 g/mol. The summed E-state index contributed by atoms with van der Waals surface area (Å²) < 4.78 is 5.57. The van der Waals surface area contributed by atoms with Crippen molar-refractivity contribution in [3.63, 3.8) is 0 Å². The second-order valence-corrected chi connectivity index (χ2v) is 3.92. The Kier molecular flexibility index (Phi) is 2.71. The minimum Gasteiger partial charge on any atom is -0.481 e. The van der Waals surface area contributed by atoms with Gasteiger partial charge in [0.05, 0.1) is 18.6 Å². The van der Waals surface area contributed by atoms with Gasteiger partial charge in [-0.15, -0.1) is 0 Å². The van der Waals surface area contributed by atoms with Crippen molar-refractivity contribution in [2.45, 2.75) is 12.5 Å². The Balaban J connectivity index is 1.84. The van der Waals surface area contributed by atoms with Gasteiger partial charge in [-0.2, -0.15) is 0 Å². The fourth-order valence-electron chi connectivity index (χ4n) is 2.05. The van der Waals surface area contributed by atoms with Crippen LogP contribution in [0.2, 0.25) is 0 Å². The summed E-state index contributed by atoms with van der Waals surface area (Å²) in [7, 11) is 1.88. The summed E-state index contributed by atoms with van der Waals surface area (Å²) in [5.74, 6) is -0.624. The predicted molar refractivity (Wildman–Crippen MR) is 49.6 cm³/mol. The number of aliphatic carboxylic acids is 1. The summed E-state index contributed by atoms with van der Waals surface area (Å²) in [5.41, 5.74) is 3.07. The zero-order valence-corrected chi connectivity index (χ0v) is 8.27. The lowest BCUT2D eigenvalue weighted by molar-refractivity contribution is -0.140. The molecule has 1 saturated heterocycles. The van der Waals surface area contributed by atoms with Crippen LogP contribution in [-0.2, 0) is 9.53 Å². The van der Waals surface area contributed by atoms with E-state index in [0.29, 0.717) is 6.61 Å². The summed E-state index contributed by atoms with van der Waals surface area (Å²) in [6, 6.07) is 0. The minimum absolute atomic E-state index is 0.0947. The van der Waals surface area contributed by atoms with Crippen LogP contribution in [0.5, 0.6) is 0 Å². The molecular formula is C9H16N2O3. The first-order valence-electron chi connectivity index (χ1n) is 4.99. The van der Waals surface area contributed by atoms with Gasteiger partial charge in [0.2, 0.25) is 0 Å². The van der Waals surface area contributed by atoms with E-state index in [9.17, 15) is 4.79 Å². The first kappa shape index (κ1) is 9.89. The van der Waals surface area contributed by atoms with E-state index in [0.717, 1.165) is 19.5 Å². The van der Waals surface area contributed by atoms with Crippen LogP contribution in [0, 0.1) is 11.8 Å². The van der Waals surface area contributed by atoms with Gasteiger partial charge < -0.3 is 9.84 Å². The molecule has 3 atom stereocenters. The van der Waals surface area contributed by atoms with E-state index in [-0.39, 0.29) is 17.9 Å². The molecule has 5 heteroatoms. The standard InChI is InChI=1S/C9H16N2O3/c1-10-11-2-3-14-8(5-11)6-4-7(6)9(12)13/h6-8,10H,2-5H2,1H3,(H,12,13)/t6?,7?,8-/m0/s1. The van der Waals surface area contributed by atoms with Gasteiger partial charge in [-0.25, -0.2) is 5.01 Å². The smallest absolute Gasteiger partial charge is 0.306 e. The lowest BCUT2D eigenvalue weighted by Gasteiger charge is -2.32. The van der Waals surface area contributed by atoms with Crippen LogP contribution in [0.25, 0.3) is 0 Å². The van der Waals surface area contributed by atoms with E-state index in [1.807, 2.05) is 7.05 Å². The van der Waals surface area contributed by atoms with Gasteiger partial charge in [0.1, 0.15) is 0 Å². The number of ether oxygens (including phenoxy) is 1. The molecule has 2 N–H and O–H groups in total. The first-order valence-corrected chi connectivity index (χ1v) is 4.99. The molecule has 14 heavy (non-hydrogen) atoms. The van der Waals surface area contributed by atoms with Gasteiger partial charge in [-0.05, 0) is 13.5 Å². The van der Waals surface area contributed by atoms with Gasteiger partial charge in [0, 0.05) is 19.0 Å². The molecule has 1 aliphatic heterocycles. The van der Waals surface area contributed by atoms with Gasteiger partial charge in [-0.3, -0.25) is 10.2 Å². The van der Waals surface area contributed by atoms with Crippen LogP contribution in [0.4, 0.5) is 0 Å². The number of carbonyl (C=O) groups is 1. The molecule has 0 aromatic heterocycles. The van der Waals surface area contributed by atoms with Crippen LogP contribution in [0.1, 0.15) is 6.42 Å². The van der Waals surface area contributed by atoms with Gasteiger partial charge in [-0.1, -0.05) is 0 Å². The number of hydrazine groups is 1. The zero-order chi connectivity index (χ0) is 10.1. The fourth-order valence-corrected chi connectivity index (χ4v) is 2.05. The first-order chi connectivity index (χ1) is 6.72. The highest BCUT2D eigenvalue weighted by atomic mass is 16.5. The third kappa shape index (κ3) is 1.89. The van der Waals surface area contributed by atoms with E-state index >= 15 is 0 Å². The van der Waals surface area contributed by atoms with Crippen molar-refractivity contribution in [2.75, 3.05) is 26.7 Å². The normalized spacial score (nSPS) is 38.2. The third-order valence-corrected chi connectivity index (χ3v) is 3.04.